The van der Waals surface area contributed by atoms with E-state index in [1.165, 1.54) is 6.20 Å². The van der Waals surface area contributed by atoms with E-state index in [0.29, 0.717) is 17.6 Å². The summed E-state index contributed by atoms with van der Waals surface area (Å²) in [5.41, 5.74) is 0.619. The minimum absolute atomic E-state index is 0.143. The van der Waals surface area contributed by atoms with Crippen molar-refractivity contribution < 1.29 is 14.6 Å². The molecular formula is C12H17N3O3. The maximum atomic E-state index is 10.8. The molecule has 2 heterocycles. The molecule has 1 aliphatic heterocycles. The van der Waals surface area contributed by atoms with Crippen molar-refractivity contribution in [1.82, 2.24) is 9.97 Å². The second kappa shape index (κ2) is 5.77. The average molecular weight is 251 g/mol. The molecule has 1 saturated heterocycles. The number of nitrogens with zero attached hydrogens (tertiary/aromatic N) is 2. The first-order valence-corrected chi connectivity index (χ1v) is 6.05. The summed E-state index contributed by atoms with van der Waals surface area (Å²) >= 11 is 0. The number of anilines is 1. The van der Waals surface area contributed by atoms with Crippen molar-refractivity contribution in [3.8, 4) is 0 Å². The minimum Gasteiger partial charge on any atom is -0.478 e. The van der Waals surface area contributed by atoms with E-state index >= 15 is 0 Å². The lowest BCUT2D eigenvalue weighted by molar-refractivity contribution is 0.0695. The summed E-state index contributed by atoms with van der Waals surface area (Å²) < 4.78 is 5.30. The van der Waals surface area contributed by atoms with Crippen molar-refractivity contribution in [1.29, 1.82) is 0 Å². The lowest BCUT2D eigenvalue weighted by Gasteiger charge is -2.09. The molecule has 0 saturated carbocycles. The van der Waals surface area contributed by atoms with Gasteiger partial charge in [0.1, 0.15) is 0 Å². The molecule has 1 atom stereocenters. The molecule has 1 fully saturated rings. The summed E-state index contributed by atoms with van der Waals surface area (Å²) in [4.78, 5) is 18.9. The Labute approximate surface area is 105 Å². The molecule has 98 valence electrons. The molecule has 1 aromatic rings. The van der Waals surface area contributed by atoms with Gasteiger partial charge >= 0.3 is 5.97 Å². The van der Waals surface area contributed by atoms with Crippen LogP contribution in [-0.4, -0.2) is 40.8 Å². The Morgan fingerprint density at radius 3 is 3.11 bits per heavy atom. The number of aromatic nitrogens is 2. The van der Waals surface area contributed by atoms with Crippen molar-refractivity contribution in [2.45, 2.75) is 19.8 Å². The van der Waals surface area contributed by atoms with Gasteiger partial charge < -0.3 is 15.2 Å². The van der Waals surface area contributed by atoms with Gasteiger partial charge in [0.2, 0.25) is 5.95 Å². The predicted molar refractivity (Wildman–Crippen MR) is 65.8 cm³/mol. The van der Waals surface area contributed by atoms with Gasteiger partial charge in [-0.05, 0) is 25.7 Å². The van der Waals surface area contributed by atoms with Crippen molar-refractivity contribution in [2.24, 2.45) is 5.92 Å². The first-order chi connectivity index (χ1) is 8.66. The number of hydrogen-bond acceptors (Lipinski definition) is 5. The summed E-state index contributed by atoms with van der Waals surface area (Å²) in [6.07, 6.45) is 3.47. The third-order valence-corrected chi connectivity index (χ3v) is 3.07. The molecule has 6 heteroatoms. The summed E-state index contributed by atoms with van der Waals surface area (Å²) in [5, 5.41) is 12.0. The van der Waals surface area contributed by atoms with Gasteiger partial charge in [-0.2, -0.15) is 0 Å². The molecule has 18 heavy (non-hydrogen) atoms. The van der Waals surface area contributed by atoms with E-state index in [1.54, 1.807) is 6.92 Å². The van der Waals surface area contributed by atoms with E-state index < -0.39 is 5.97 Å². The zero-order valence-electron chi connectivity index (χ0n) is 10.3. The van der Waals surface area contributed by atoms with Gasteiger partial charge in [0, 0.05) is 26.0 Å². The molecule has 1 aromatic heterocycles. The number of carboxylic acid groups (broad SMARTS) is 1. The standard InChI is InChI=1S/C12H17N3O3/c1-8-10(11(16)17)6-14-12(15-8)13-4-2-9-3-5-18-7-9/h6,9H,2-5,7H2,1H3,(H,16,17)(H,13,14,15). The van der Waals surface area contributed by atoms with Gasteiger partial charge in [-0.1, -0.05) is 0 Å². The van der Waals surface area contributed by atoms with Gasteiger partial charge in [0.15, 0.2) is 0 Å². The molecule has 0 aliphatic carbocycles. The molecule has 2 N–H and O–H groups in total. The zero-order chi connectivity index (χ0) is 13.0. The Kier molecular flexibility index (Phi) is 4.09. The topological polar surface area (TPSA) is 84.3 Å². The molecule has 0 amide bonds. The fourth-order valence-corrected chi connectivity index (χ4v) is 1.96. The first kappa shape index (κ1) is 12.8. The number of aryl methyl sites for hydroxylation is 1. The second-order valence-corrected chi connectivity index (χ2v) is 4.44. The Bertz CT molecular complexity index is 431. The number of carboxylic acids is 1. The van der Waals surface area contributed by atoms with E-state index in [0.717, 1.165) is 32.6 Å². The van der Waals surface area contributed by atoms with Crippen LogP contribution in [0, 0.1) is 12.8 Å². The van der Waals surface area contributed by atoms with Crippen molar-refractivity contribution in [3.05, 3.63) is 17.5 Å². The van der Waals surface area contributed by atoms with Crippen LogP contribution in [-0.2, 0) is 4.74 Å². The molecular weight excluding hydrogens is 234 g/mol. The van der Waals surface area contributed by atoms with Crippen LogP contribution in [0.1, 0.15) is 28.9 Å². The molecule has 0 spiro atoms. The number of ether oxygens (including phenoxy) is 1. The third-order valence-electron chi connectivity index (χ3n) is 3.07. The van der Waals surface area contributed by atoms with Crippen LogP contribution in [0.3, 0.4) is 0 Å². The van der Waals surface area contributed by atoms with Crippen LogP contribution in [0.25, 0.3) is 0 Å². The van der Waals surface area contributed by atoms with Gasteiger partial charge in [0.05, 0.1) is 11.3 Å². The SMILES string of the molecule is Cc1nc(NCCC2CCOC2)ncc1C(=O)O. The highest BCUT2D eigenvalue weighted by Gasteiger charge is 2.15. The lowest BCUT2D eigenvalue weighted by atomic mass is 10.1. The van der Waals surface area contributed by atoms with Gasteiger partial charge in [-0.25, -0.2) is 14.8 Å². The minimum atomic E-state index is -0.998. The molecule has 2 rings (SSSR count). The monoisotopic (exact) mass is 251 g/mol. The number of carbonyl (C=O) groups is 1. The van der Waals surface area contributed by atoms with E-state index in [-0.39, 0.29) is 5.56 Å². The van der Waals surface area contributed by atoms with Gasteiger partial charge in [0.25, 0.3) is 0 Å². The van der Waals surface area contributed by atoms with Crippen molar-refractivity contribution in [3.63, 3.8) is 0 Å². The first-order valence-electron chi connectivity index (χ1n) is 6.05. The van der Waals surface area contributed by atoms with Gasteiger partial charge in [-0.15, -0.1) is 0 Å². The molecule has 0 radical (unpaired) electrons. The number of rotatable bonds is 5. The van der Waals surface area contributed by atoms with Crippen molar-refractivity contribution in [2.75, 3.05) is 25.1 Å². The van der Waals surface area contributed by atoms with Crippen LogP contribution in [0.5, 0.6) is 0 Å². The van der Waals surface area contributed by atoms with E-state index in [1.807, 2.05) is 0 Å². The summed E-state index contributed by atoms with van der Waals surface area (Å²) in [5.74, 6) is 0.0930. The third kappa shape index (κ3) is 3.16. The van der Waals surface area contributed by atoms with Crippen LogP contribution in [0.2, 0.25) is 0 Å². The molecule has 1 unspecified atom stereocenters. The highest BCUT2D eigenvalue weighted by atomic mass is 16.5. The summed E-state index contributed by atoms with van der Waals surface area (Å²) in [7, 11) is 0. The van der Waals surface area contributed by atoms with Crippen LogP contribution in [0.15, 0.2) is 6.20 Å². The van der Waals surface area contributed by atoms with Crippen LogP contribution < -0.4 is 5.32 Å². The van der Waals surface area contributed by atoms with E-state index in [9.17, 15) is 4.79 Å². The summed E-state index contributed by atoms with van der Waals surface area (Å²) in [6.45, 7) is 4.13. The number of nitrogens with one attached hydrogen (secondary N) is 1. The molecule has 0 aromatic carbocycles. The van der Waals surface area contributed by atoms with Crippen LogP contribution >= 0.6 is 0 Å². The lowest BCUT2D eigenvalue weighted by Crippen LogP contribution is -2.12. The molecule has 0 bridgehead atoms. The predicted octanol–water partition coefficient (Wildman–Crippen LogP) is 1.32. The largest absolute Gasteiger partial charge is 0.478 e. The molecule has 1 aliphatic rings. The van der Waals surface area contributed by atoms with Crippen molar-refractivity contribution >= 4 is 11.9 Å². The van der Waals surface area contributed by atoms with E-state index in [2.05, 4.69) is 15.3 Å². The fraction of sp³-hybridized carbons (Fsp3) is 0.583. The average Bonchev–Trinajstić information content (AvgIpc) is 2.81. The highest BCUT2D eigenvalue weighted by molar-refractivity contribution is 5.88. The van der Waals surface area contributed by atoms with E-state index in [4.69, 9.17) is 9.84 Å². The Morgan fingerprint density at radius 2 is 2.50 bits per heavy atom. The fourth-order valence-electron chi connectivity index (χ4n) is 1.96. The maximum Gasteiger partial charge on any atom is 0.339 e. The molecule has 6 nitrogen and oxygen atoms in total. The Balaban J connectivity index is 1.85. The van der Waals surface area contributed by atoms with Gasteiger partial charge in [-0.3, -0.25) is 0 Å². The number of hydrogen-bond donors (Lipinski definition) is 2. The normalized spacial score (nSPS) is 18.8. The van der Waals surface area contributed by atoms with Crippen LogP contribution in [0.4, 0.5) is 5.95 Å². The highest BCUT2D eigenvalue weighted by Crippen LogP contribution is 2.16. The maximum absolute atomic E-state index is 10.8. The second-order valence-electron chi connectivity index (χ2n) is 4.44. The Morgan fingerprint density at radius 1 is 1.67 bits per heavy atom. The smallest absolute Gasteiger partial charge is 0.339 e. The summed E-state index contributed by atoms with van der Waals surface area (Å²) in [6, 6.07) is 0. The zero-order valence-corrected chi connectivity index (χ0v) is 10.3. The Hall–Kier alpha value is -1.69. The quantitative estimate of drug-likeness (QED) is 0.821. The number of aromatic carboxylic acids is 1.